The molecule has 1 aliphatic rings. The highest BCUT2D eigenvalue weighted by Gasteiger charge is 2.34. The van der Waals surface area contributed by atoms with Crippen LogP contribution in [0.4, 0.5) is 5.82 Å². The second-order valence-corrected chi connectivity index (χ2v) is 5.74. The molecule has 4 heteroatoms. The van der Waals surface area contributed by atoms with Crippen molar-refractivity contribution < 1.29 is 0 Å². The molecule has 4 nitrogen and oxygen atoms in total. The maximum absolute atomic E-state index is 9.18. The number of nitrogens with two attached hydrogens (primary N) is 1. The van der Waals surface area contributed by atoms with Gasteiger partial charge >= 0.3 is 0 Å². The standard InChI is InChI=1S/C14H20N4/c1-10-4-5-11(8-15)13(17-10)18-7-6-12(16)14(2,3)9-18/h4-5,12H,6-7,9,16H2,1-3H3. The molecular formula is C14H20N4. The summed E-state index contributed by atoms with van der Waals surface area (Å²) in [6.45, 7) is 8.01. The third-order valence-corrected chi connectivity index (χ3v) is 3.75. The van der Waals surface area contributed by atoms with Gasteiger partial charge in [0.25, 0.3) is 0 Å². The van der Waals surface area contributed by atoms with Gasteiger partial charge in [0.15, 0.2) is 0 Å². The minimum Gasteiger partial charge on any atom is -0.355 e. The summed E-state index contributed by atoms with van der Waals surface area (Å²) in [6, 6.07) is 6.16. The molecule has 2 rings (SSSR count). The number of anilines is 1. The van der Waals surface area contributed by atoms with Crippen LogP contribution in [0.5, 0.6) is 0 Å². The van der Waals surface area contributed by atoms with E-state index in [1.807, 2.05) is 19.1 Å². The van der Waals surface area contributed by atoms with Gasteiger partial charge in [-0.2, -0.15) is 5.26 Å². The Balaban J connectivity index is 2.33. The Morgan fingerprint density at radius 2 is 2.22 bits per heavy atom. The fourth-order valence-electron chi connectivity index (χ4n) is 2.43. The largest absolute Gasteiger partial charge is 0.355 e. The van der Waals surface area contributed by atoms with Gasteiger partial charge in [0.1, 0.15) is 11.9 Å². The highest BCUT2D eigenvalue weighted by Crippen LogP contribution is 2.31. The number of nitrogens with zero attached hydrogens (tertiary/aromatic N) is 3. The Labute approximate surface area is 108 Å². The molecule has 1 fully saturated rings. The lowest BCUT2D eigenvalue weighted by atomic mass is 9.79. The number of hydrogen-bond acceptors (Lipinski definition) is 4. The van der Waals surface area contributed by atoms with E-state index in [1.165, 1.54) is 0 Å². The van der Waals surface area contributed by atoms with Gasteiger partial charge in [0, 0.05) is 24.8 Å². The molecule has 1 unspecified atom stereocenters. The Bertz CT molecular complexity index is 487. The highest BCUT2D eigenvalue weighted by atomic mass is 15.2. The Kier molecular flexibility index (Phi) is 3.27. The van der Waals surface area contributed by atoms with Crippen molar-refractivity contribution in [2.45, 2.75) is 33.2 Å². The number of pyridine rings is 1. The first kappa shape index (κ1) is 12.8. The van der Waals surface area contributed by atoms with E-state index in [0.29, 0.717) is 5.56 Å². The van der Waals surface area contributed by atoms with E-state index >= 15 is 0 Å². The van der Waals surface area contributed by atoms with Crippen LogP contribution in [0.3, 0.4) is 0 Å². The summed E-state index contributed by atoms with van der Waals surface area (Å²) in [6.07, 6.45) is 0.938. The molecule has 1 aromatic rings. The minimum absolute atomic E-state index is 0.0520. The summed E-state index contributed by atoms with van der Waals surface area (Å²) in [4.78, 5) is 6.71. The van der Waals surface area contributed by atoms with E-state index in [4.69, 9.17) is 5.73 Å². The van der Waals surface area contributed by atoms with Crippen molar-refractivity contribution in [3.8, 4) is 6.07 Å². The predicted octanol–water partition coefficient (Wildman–Crippen LogP) is 1.83. The monoisotopic (exact) mass is 244 g/mol. The molecule has 0 bridgehead atoms. The maximum atomic E-state index is 9.18. The zero-order chi connectivity index (χ0) is 13.3. The van der Waals surface area contributed by atoms with E-state index in [0.717, 1.165) is 31.0 Å². The molecule has 0 aromatic carbocycles. The summed E-state index contributed by atoms with van der Waals surface area (Å²) in [5.74, 6) is 0.803. The Morgan fingerprint density at radius 1 is 1.50 bits per heavy atom. The molecule has 1 atom stereocenters. The Morgan fingerprint density at radius 3 is 2.83 bits per heavy atom. The molecule has 2 heterocycles. The van der Waals surface area contributed by atoms with Gasteiger partial charge in [-0.15, -0.1) is 0 Å². The molecule has 1 aliphatic heterocycles. The van der Waals surface area contributed by atoms with Gasteiger partial charge < -0.3 is 10.6 Å². The first-order valence-electron chi connectivity index (χ1n) is 6.32. The smallest absolute Gasteiger partial charge is 0.146 e. The third-order valence-electron chi connectivity index (χ3n) is 3.75. The van der Waals surface area contributed by atoms with Crippen LogP contribution in [0.1, 0.15) is 31.5 Å². The van der Waals surface area contributed by atoms with Crippen LogP contribution in [0.25, 0.3) is 0 Å². The number of hydrogen-bond donors (Lipinski definition) is 1. The van der Waals surface area contributed by atoms with Crippen LogP contribution in [-0.4, -0.2) is 24.1 Å². The minimum atomic E-state index is 0.0520. The second-order valence-electron chi connectivity index (χ2n) is 5.74. The number of nitriles is 1. The van der Waals surface area contributed by atoms with Gasteiger partial charge in [-0.3, -0.25) is 0 Å². The van der Waals surface area contributed by atoms with Crippen molar-refractivity contribution >= 4 is 5.82 Å². The van der Waals surface area contributed by atoms with Gasteiger partial charge in [-0.05, 0) is 30.9 Å². The highest BCUT2D eigenvalue weighted by molar-refractivity contribution is 5.54. The van der Waals surface area contributed by atoms with E-state index in [2.05, 4.69) is 29.8 Å². The number of piperidine rings is 1. The molecule has 2 N–H and O–H groups in total. The van der Waals surface area contributed by atoms with Gasteiger partial charge in [0.2, 0.25) is 0 Å². The summed E-state index contributed by atoms with van der Waals surface area (Å²) in [5.41, 5.74) is 7.78. The van der Waals surface area contributed by atoms with Crippen molar-refractivity contribution in [3.05, 3.63) is 23.4 Å². The molecule has 1 saturated heterocycles. The molecule has 0 spiro atoms. The molecule has 0 radical (unpaired) electrons. The SMILES string of the molecule is Cc1ccc(C#N)c(N2CCC(N)C(C)(C)C2)n1. The average Bonchev–Trinajstić information content (AvgIpc) is 2.32. The van der Waals surface area contributed by atoms with E-state index in [9.17, 15) is 5.26 Å². The number of rotatable bonds is 1. The zero-order valence-corrected chi connectivity index (χ0v) is 11.3. The van der Waals surface area contributed by atoms with Crippen LogP contribution in [-0.2, 0) is 0 Å². The van der Waals surface area contributed by atoms with Crippen LogP contribution in [0.15, 0.2) is 12.1 Å². The van der Waals surface area contributed by atoms with Gasteiger partial charge in [-0.1, -0.05) is 13.8 Å². The lowest BCUT2D eigenvalue weighted by molar-refractivity contribution is 0.244. The normalized spacial score (nSPS) is 22.6. The zero-order valence-electron chi connectivity index (χ0n) is 11.3. The first-order valence-corrected chi connectivity index (χ1v) is 6.32. The quantitative estimate of drug-likeness (QED) is 0.818. The Hall–Kier alpha value is -1.60. The molecule has 0 saturated carbocycles. The summed E-state index contributed by atoms with van der Waals surface area (Å²) in [7, 11) is 0. The topological polar surface area (TPSA) is 65.9 Å². The van der Waals surface area contributed by atoms with Gasteiger partial charge in [0.05, 0.1) is 5.56 Å². The molecular weight excluding hydrogens is 224 g/mol. The van der Waals surface area contributed by atoms with Crippen molar-refractivity contribution in [2.75, 3.05) is 18.0 Å². The number of aryl methyl sites for hydroxylation is 1. The van der Waals surface area contributed by atoms with Gasteiger partial charge in [-0.25, -0.2) is 4.98 Å². The van der Waals surface area contributed by atoms with Crippen molar-refractivity contribution in [2.24, 2.45) is 11.1 Å². The third kappa shape index (κ3) is 2.32. The van der Waals surface area contributed by atoms with Crippen molar-refractivity contribution in [1.29, 1.82) is 5.26 Å². The van der Waals surface area contributed by atoms with E-state index in [-0.39, 0.29) is 11.5 Å². The first-order chi connectivity index (χ1) is 8.44. The lowest BCUT2D eigenvalue weighted by Crippen LogP contribution is -2.52. The molecule has 96 valence electrons. The van der Waals surface area contributed by atoms with Crippen LogP contribution >= 0.6 is 0 Å². The summed E-state index contributed by atoms with van der Waals surface area (Å²) >= 11 is 0. The van der Waals surface area contributed by atoms with Crippen LogP contribution in [0.2, 0.25) is 0 Å². The fraction of sp³-hybridized carbons (Fsp3) is 0.571. The molecule has 1 aromatic heterocycles. The van der Waals surface area contributed by atoms with Crippen LogP contribution in [0, 0.1) is 23.7 Å². The second kappa shape index (κ2) is 4.58. The van der Waals surface area contributed by atoms with Crippen molar-refractivity contribution in [3.63, 3.8) is 0 Å². The molecule has 0 aliphatic carbocycles. The summed E-state index contributed by atoms with van der Waals surface area (Å²) in [5, 5.41) is 9.18. The average molecular weight is 244 g/mol. The molecule has 18 heavy (non-hydrogen) atoms. The molecule has 0 amide bonds. The maximum Gasteiger partial charge on any atom is 0.146 e. The lowest BCUT2D eigenvalue weighted by Gasteiger charge is -2.43. The fourth-order valence-corrected chi connectivity index (χ4v) is 2.43. The van der Waals surface area contributed by atoms with E-state index < -0.39 is 0 Å². The summed E-state index contributed by atoms with van der Waals surface area (Å²) < 4.78 is 0. The van der Waals surface area contributed by atoms with Crippen LogP contribution < -0.4 is 10.6 Å². The predicted molar refractivity (Wildman–Crippen MR) is 72.3 cm³/mol. The number of aromatic nitrogens is 1. The van der Waals surface area contributed by atoms with E-state index in [1.54, 1.807) is 0 Å². The van der Waals surface area contributed by atoms with Crippen molar-refractivity contribution in [1.82, 2.24) is 4.98 Å².